The van der Waals surface area contributed by atoms with E-state index in [9.17, 15) is 4.79 Å². The lowest BCUT2D eigenvalue weighted by molar-refractivity contribution is -0.149. The fourth-order valence-electron chi connectivity index (χ4n) is 3.24. The Kier molecular flexibility index (Phi) is 8.25. The Hall–Kier alpha value is -2.24. The van der Waals surface area contributed by atoms with Crippen molar-refractivity contribution in [1.82, 2.24) is 10.2 Å². The lowest BCUT2D eigenvalue weighted by Crippen LogP contribution is -2.47. The van der Waals surface area contributed by atoms with Crippen molar-refractivity contribution >= 4 is 11.9 Å². The minimum absolute atomic E-state index is 0.0161. The highest BCUT2D eigenvalue weighted by atomic mass is 16.5. The van der Waals surface area contributed by atoms with E-state index >= 15 is 0 Å². The highest BCUT2D eigenvalue weighted by molar-refractivity contribution is 5.80. The van der Waals surface area contributed by atoms with Crippen molar-refractivity contribution in [2.75, 3.05) is 39.9 Å². The Morgan fingerprint density at radius 1 is 1.23 bits per heavy atom. The quantitative estimate of drug-likeness (QED) is 0.459. The van der Waals surface area contributed by atoms with E-state index in [4.69, 9.17) is 9.47 Å². The molecule has 0 radical (unpaired) electrons. The predicted molar refractivity (Wildman–Crippen MR) is 104 cm³/mol. The first kappa shape index (κ1) is 20.1. The van der Waals surface area contributed by atoms with E-state index in [0.717, 1.165) is 50.6 Å². The topological polar surface area (TPSA) is 63.2 Å². The molecule has 6 heteroatoms. The molecule has 1 aliphatic heterocycles. The molecule has 144 valence electrons. The molecule has 6 nitrogen and oxygen atoms in total. The lowest BCUT2D eigenvalue weighted by Gasteiger charge is -2.33. The molecule has 0 saturated carbocycles. The maximum Gasteiger partial charge on any atom is 0.309 e. The molecule has 1 N–H and O–H groups in total. The van der Waals surface area contributed by atoms with Gasteiger partial charge in [0.2, 0.25) is 0 Å². The monoisotopic (exact) mass is 361 g/mol. The normalized spacial score (nSPS) is 15.7. The predicted octanol–water partition coefficient (Wildman–Crippen LogP) is 2.48. The van der Waals surface area contributed by atoms with E-state index in [-0.39, 0.29) is 11.9 Å². The Labute approximate surface area is 156 Å². The Morgan fingerprint density at radius 3 is 2.62 bits per heavy atom. The number of rotatable bonds is 7. The fraction of sp³-hybridized carbons (Fsp3) is 0.600. The van der Waals surface area contributed by atoms with Gasteiger partial charge in [0, 0.05) is 26.7 Å². The van der Waals surface area contributed by atoms with Crippen LogP contribution in [0.5, 0.6) is 5.75 Å². The van der Waals surface area contributed by atoms with Gasteiger partial charge in [0.1, 0.15) is 5.75 Å². The van der Waals surface area contributed by atoms with Crippen LogP contribution >= 0.6 is 0 Å². The van der Waals surface area contributed by atoms with Crippen LogP contribution in [0.2, 0.25) is 0 Å². The Bertz CT molecular complexity index is 596. The third-order valence-corrected chi connectivity index (χ3v) is 4.58. The van der Waals surface area contributed by atoms with Gasteiger partial charge in [-0.1, -0.05) is 18.2 Å². The van der Waals surface area contributed by atoms with Crippen molar-refractivity contribution in [2.24, 2.45) is 10.9 Å². The Morgan fingerprint density at radius 2 is 1.96 bits per heavy atom. The van der Waals surface area contributed by atoms with Crippen molar-refractivity contribution in [2.45, 2.75) is 33.1 Å². The molecule has 0 atom stereocenters. The number of benzene rings is 1. The molecule has 1 aromatic rings. The number of carbonyl (C=O) groups is 1. The second-order valence-corrected chi connectivity index (χ2v) is 6.28. The van der Waals surface area contributed by atoms with Crippen molar-refractivity contribution in [1.29, 1.82) is 0 Å². The number of para-hydroxylation sites is 1. The molecule has 26 heavy (non-hydrogen) atoms. The molecule has 1 aromatic carbocycles. The first-order valence-corrected chi connectivity index (χ1v) is 9.52. The maximum absolute atomic E-state index is 11.9. The zero-order valence-corrected chi connectivity index (χ0v) is 16.2. The molecule has 1 fully saturated rings. The number of hydrogen-bond acceptors (Lipinski definition) is 4. The average Bonchev–Trinajstić information content (AvgIpc) is 2.67. The number of hydrogen-bond donors (Lipinski definition) is 1. The Balaban J connectivity index is 1.81. The summed E-state index contributed by atoms with van der Waals surface area (Å²) in [5.41, 5.74) is 1.19. The molecule has 0 unspecified atom stereocenters. The summed E-state index contributed by atoms with van der Waals surface area (Å²) >= 11 is 0. The molecule has 1 saturated heterocycles. The average molecular weight is 361 g/mol. The van der Waals surface area contributed by atoms with Gasteiger partial charge in [-0.2, -0.15) is 0 Å². The fourth-order valence-corrected chi connectivity index (χ4v) is 3.24. The lowest BCUT2D eigenvalue weighted by atomic mass is 9.97. The summed E-state index contributed by atoms with van der Waals surface area (Å²) in [7, 11) is 1.80. The van der Waals surface area contributed by atoms with Gasteiger partial charge >= 0.3 is 5.97 Å². The van der Waals surface area contributed by atoms with Crippen molar-refractivity contribution < 1.29 is 14.3 Å². The number of carbonyl (C=O) groups excluding carboxylic acids is 1. The van der Waals surface area contributed by atoms with Crippen molar-refractivity contribution in [3.8, 4) is 5.75 Å². The van der Waals surface area contributed by atoms with Gasteiger partial charge in [-0.05, 0) is 44.7 Å². The van der Waals surface area contributed by atoms with E-state index in [1.165, 1.54) is 5.56 Å². The third-order valence-electron chi connectivity index (χ3n) is 4.58. The van der Waals surface area contributed by atoms with E-state index < -0.39 is 0 Å². The van der Waals surface area contributed by atoms with Crippen LogP contribution in [0.1, 0.15) is 32.3 Å². The zero-order valence-electron chi connectivity index (χ0n) is 16.2. The zero-order chi connectivity index (χ0) is 18.8. The summed E-state index contributed by atoms with van der Waals surface area (Å²) < 4.78 is 10.8. The number of likely N-dealkylation sites (tertiary alicyclic amines) is 1. The standard InChI is InChI=1S/C20H31N3O3/c1-4-25-18-9-7-6-8-16(18)10-13-22-20(21-3)23-14-11-17(12-15-23)19(24)26-5-2/h6-9,17H,4-5,10-15H2,1-3H3,(H,21,22). The SMILES string of the molecule is CCOC(=O)C1CCN(C(=NC)NCCc2ccccc2OCC)CC1. The maximum atomic E-state index is 11.9. The number of nitrogens with zero attached hydrogens (tertiary/aromatic N) is 2. The second kappa shape index (κ2) is 10.7. The number of guanidine groups is 1. The molecule has 0 aliphatic carbocycles. The van der Waals surface area contributed by atoms with Crippen LogP contribution in [-0.2, 0) is 16.0 Å². The number of aliphatic imine (C=N–C) groups is 1. The number of esters is 1. The van der Waals surface area contributed by atoms with E-state index in [1.54, 1.807) is 7.05 Å². The van der Waals surface area contributed by atoms with Gasteiger partial charge in [-0.25, -0.2) is 0 Å². The van der Waals surface area contributed by atoms with Gasteiger partial charge in [-0.3, -0.25) is 9.79 Å². The van der Waals surface area contributed by atoms with Crippen LogP contribution in [0.4, 0.5) is 0 Å². The van der Waals surface area contributed by atoms with E-state index in [2.05, 4.69) is 21.3 Å². The summed E-state index contributed by atoms with van der Waals surface area (Å²) in [6.45, 7) is 7.39. The van der Waals surface area contributed by atoms with Crippen LogP contribution in [0, 0.1) is 5.92 Å². The summed E-state index contributed by atoms with van der Waals surface area (Å²) in [5.74, 6) is 1.79. The first-order chi connectivity index (χ1) is 12.7. The minimum atomic E-state index is -0.0670. The molecular formula is C20H31N3O3. The molecular weight excluding hydrogens is 330 g/mol. The largest absolute Gasteiger partial charge is 0.494 e. The number of ether oxygens (including phenoxy) is 2. The van der Waals surface area contributed by atoms with Gasteiger partial charge in [0.25, 0.3) is 0 Å². The van der Waals surface area contributed by atoms with Crippen LogP contribution in [0.25, 0.3) is 0 Å². The second-order valence-electron chi connectivity index (χ2n) is 6.28. The highest BCUT2D eigenvalue weighted by Gasteiger charge is 2.27. The van der Waals surface area contributed by atoms with Crippen molar-refractivity contribution in [3.05, 3.63) is 29.8 Å². The molecule has 0 aromatic heterocycles. The minimum Gasteiger partial charge on any atom is -0.494 e. The van der Waals surface area contributed by atoms with E-state index in [0.29, 0.717) is 13.2 Å². The highest BCUT2D eigenvalue weighted by Crippen LogP contribution is 2.20. The smallest absolute Gasteiger partial charge is 0.309 e. The van der Waals surface area contributed by atoms with Crippen LogP contribution < -0.4 is 10.1 Å². The molecule has 0 spiro atoms. The van der Waals surface area contributed by atoms with Crippen molar-refractivity contribution in [3.63, 3.8) is 0 Å². The van der Waals surface area contributed by atoms with Gasteiger partial charge in [0.15, 0.2) is 5.96 Å². The van der Waals surface area contributed by atoms with Crippen LogP contribution in [-0.4, -0.2) is 56.7 Å². The van der Waals surface area contributed by atoms with Gasteiger partial charge in [-0.15, -0.1) is 0 Å². The summed E-state index contributed by atoms with van der Waals surface area (Å²) in [5, 5.41) is 3.43. The number of piperidine rings is 1. The molecule has 0 amide bonds. The van der Waals surface area contributed by atoms with Crippen LogP contribution in [0.15, 0.2) is 29.3 Å². The molecule has 1 heterocycles. The summed E-state index contributed by atoms with van der Waals surface area (Å²) in [6, 6.07) is 8.13. The van der Waals surface area contributed by atoms with Crippen LogP contribution in [0.3, 0.4) is 0 Å². The molecule has 2 rings (SSSR count). The first-order valence-electron chi connectivity index (χ1n) is 9.52. The third kappa shape index (κ3) is 5.64. The van der Waals surface area contributed by atoms with Gasteiger partial charge in [0.05, 0.1) is 19.1 Å². The molecule has 1 aliphatic rings. The molecule has 0 bridgehead atoms. The summed E-state index contributed by atoms with van der Waals surface area (Å²) in [4.78, 5) is 18.5. The van der Waals surface area contributed by atoms with Gasteiger partial charge < -0.3 is 19.7 Å². The van der Waals surface area contributed by atoms with E-state index in [1.807, 2.05) is 32.0 Å². The number of nitrogens with one attached hydrogen (secondary N) is 1. The summed E-state index contributed by atoms with van der Waals surface area (Å²) in [6.07, 6.45) is 2.49.